The molecule has 1 N–H and O–H groups in total. The lowest BCUT2D eigenvalue weighted by Gasteiger charge is -2.16. The number of fused-ring (bicyclic) bond motifs is 1. The first kappa shape index (κ1) is 24.5. The van der Waals surface area contributed by atoms with Gasteiger partial charge >= 0.3 is 23.7 Å². The smallest absolute Gasteiger partial charge is 0.449 e. The summed E-state index contributed by atoms with van der Waals surface area (Å²) in [5.41, 5.74) is -4.37. The van der Waals surface area contributed by atoms with Gasteiger partial charge < -0.3 is 9.84 Å². The number of halogens is 4. The van der Waals surface area contributed by atoms with Crippen molar-refractivity contribution in [2.75, 3.05) is 0 Å². The third-order valence-electron chi connectivity index (χ3n) is 5.58. The van der Waals surface area contributed by atoms with Gasteiger partial charge in [0.1, 0.15) is 5.82 Å². The summed E-state index contributed by atoms with van der Waals surface area (Å²) in [6.45, 7) is -1.03. The number of carboxylic acid groups (broad SMARTS) is 1. The van der Waals surface area contributed by atoms with Crippen molar-refractivity contribution in [1.82, 2.24) is 18.3 Å². The molecule has 0 saturated heterocycles. The van der Waals surface area contributed by atoms with E-state index in [9.17, 15) is 36.7 Å². The first-order valence-electron chi connectivity index (χ1n) is 10.1. The van der Waals surface area contributed by atoms with E-state index in [0.717, 1.165) is 22.9 Å². The van der Waals surface area contributed by atoms with Crippen LogP contribution in [0.1, 0.15) is 11.1 Å². The number of benzene rings is 2. The number of aromatic nitrogens is 4. The first-order valence-corrected chi connectivity index (χ1v) is 10.1. The fourth-order valence-electron chi connectivity index (χ4n) is 3.90. The summed E-state index contributed by atoms with van der Waals surface area (Å²) in [5, 5.41) is 9.00. The Morgan fingerprint density at radius 2 is 1.67 bits per heavy atom. The molecular weight excluding hydrogens is 492 g/mol. The Kier molecular flexibility index (Phi) is 5.82. The molecule has 0 spiro atoms. The van der Waals surface area contributed by atoms with E-state index in [4.69, 9.17) is 5.11 Å². The van der Waals surface area contributed by atoms with Gasteiger partial charge in [0.2, 0.25) is 5.75 Å². The highest BCUT2D eigenvalue weighted by atomic mass is 19.4. The number of carbonyl (C=O) groups is 1. The molecule has 0 bridgehead atoms. The second kappa shape index (κ2) is 8.55. The zero-order chi connectivity index (χ0) is 26.5. The van der Waals surface area contributed by atoms with Crippen LogP contribution < -0.4 is 21.7 Å². The fourth-order valence-corrected chi connectivity index (χ4v) is 3.90. The van der Waals surface area contributed by atoms with Gasteiger partial charge in [0, 0.05) is 14.1 Å². The second-order valence-electron chi connectivity index (χ2n) is 7.75. The zero-order valence-corrected chi connectivity index (χ0v) is 18.5. The predicted molar refractivity (Wildman–Crippen MR) is 117 cm³/mol. The highest BCUT2D eigenvalue weighted by molar-refractivity contribution is 5.78. The van der Waals surface area contributed by atoms with Crippen molar-refractivity contribution in [2.45, 2.75) is 12.7 Å². The zero-order valence-electron chi connectivity index (χ0n) is 18.5. The molecule has 0 amide bonds. The molecule has 0 unspecified atom stereocenters. The summed E-state index contributed by atoms with van der Waals surface area (Å²) in [6, 6.07) is 6.70. The van der Waals surface area contributed by atoms with Crippen LogP contribution in [0.3, 0.4) is 0 Å². The molecule has 14 heteroatoms. The molecule has 2 heterocycles. The number of alkyl halides is 3. The minimum atomic E-state index is -5.14. The second-order valence-corrected chi connectivity index (χ2v) is 7.75. The quantitative estimate of drug-likeness (QED) is 0.334. The van der Waals surface area contributed by atoms with Crippen LogP contribution in [-0.2, 0) is 26.8 Å². The van der Waals surface area contributed by atoms with Crippen molar-refractivity contribution in [1.29, 1.82) is 0 Å². The van der Waals surface area contributed by atoms with E-state index in [1.807, 2.05) is 0 Å². The SMILES string of the molecule is Cn1c(=O)n(C)c2cc(-n3cc(OC(=O)O)c(=O)n(Cc4cccc(F)c4C(F)(F)F)c3=O)ccc21. The molecule has 10 nitrogen and oxygen atoms in total. The Balaban J connectivity index is 1.98. The van der Waals surface area contributed by atoms with Gasteiger partial charge in [-0.05, 0) is 29.8 Å². The van der Waals surface area contributed by atoms with Crippen LogP contribution >= 0.6 is 0 Å². The van der Waals surface area contributed by atoms with E-state index in [0.29, 0.717) is 21.7 Å². The largest absolute Gasteiger partial charge is 0.511 e. The third kappa shape index (κ3) is 4.06. The number of rotatable bonds is 4. The molecule has 2 aromatic heterocycles. The summed E-state index contributed by atoms with van der Waals surface area (Å²) in [7, 11) is 2.99. The molecule has 0 radical (unpaired) electrons. The van der Waals surface area contributed by atoms with Gasteiger partial charge in [-0.1, -0.05) is 12.1 Å². The Labute approximate surface area is 197 Å². The molecule has 36 heavy (non-hydrogen) atoms. The van der Waals surface area contributed by atoms with E-state index < -0.39 is 52.8 Å². The monoisotopic (exact) mass is 508 g/mol. The maximum atomic E-state index is 14.0. The molecule has 0 atom stereocenters. The van der Waals surface area contributed by atoms with Crippen molar-refractivity contribution in [3.8, 4) is 11.4 Å². The summed E-state index contributed by atoms with van der Waals surface area (Å²) >= 11 is 0. The Morgan fingerprint density at radius 3 is 2.31 bits per heavy atom. The Bertz CT molecular complexity index is 1710. The summed E-state index contributed by atoms with van der Waals surface area (Å²) in [4.78, 5) is 49.4. The minimum absolute atomic E-state index is 0.0491. The van der Waals surface area contributed by atoms with Gasteiger partial charge in [0.05, 0.1) is 35.0 Å². The van der Waals surface area contributed by atoms with Crippen LogP contribution in [0.4, 0.5) is 22.4 Å². The molecular formula is C22H16F4N4O6. The summed E-state index contributed by atoms with van der Waals surface area (Å²) < 4.78 is 62.7. The fraction of sp³-hybridized carbons (Fsp3) is 0.182. The van der Waals surface area contributed by atoms with Crippen LogP contribution in [0.15, 0.2) is 57.0 Å². The number of hydrogen-bond acceptors (Lipinski definition) is 5. The topological polar surface area (TPSA) is 117 Å². The number of hydrogen-bond donors (Lipinski definition) is 1. The molecule has 188 valence electrons. The van der Waals surface area contributed by atoms with Crippen molar-refractivity contribution in [2.24, 2.45) is 14.1 Å². The van der Waals surface area contributed by atoms with Gasteiger partial charge in [-0.2, -0.15) is 13.2 Å². The third-order valence-corrected chi connectivity index (χ3v) is 5.58. The van der Waals surface area contributed by atoms with Crippen molar-refractivity contribution in [3.63, 3.8) is 0 Å². The van der Waals surface area contributed by atoms with Gasteiger partial charge in [-0.3, -0.25) is 23.1 Å². The molecule has 0 saturated carbocycles. The van der Waals surface area contributed by atoms with Crippen LogP contribution in [0, 0.1) is 5.82 Å². The minimum Gasteiger partial charge on any atom is -0.449 e. The lowest BCUT2D eigenvalue weighted by molar-refractivity contribution is -0.140. The average Bonchev–Trinajstić information content (AvgIpc) is 3.01. The molecule has 2 aromatic carbocycles. The maximum Gasteiger partial charge on any atom is 0.511 e. The number of aryl methyl sites for hydroxylation is 2. The summed E-state index contributed by atoms with van der Waals surface area (Å²) in [6.07, 6.45) is -6.28. The first-order chi connectivity index (χ1) is 16.8. The molecule has 0 aliphatic heterocycles. The molecule has 4 aromatic rings. The predicted octanol–water partition coefficient (Wildman–Crippen LogP) is 2.45. The van der Waals surface area contributed by atoms with Gasteiger partial charge in [0.25, 0.3) is 5.56 Å². The Hall–Kier alpha value is -4.62. The average molecular weight is 508 g/mol. The Morgan fingerprint density at radius 1 is 1.00 bits per heavy atom. The van der Waals surface area contributed by atoms with E-state index in [1.54, 1.807) is 0 Å². The highest BCUT2D eigenvalue weighted by Gasteiger charge is 2.37. The lowest BCUT2D eigenvalue weighted by Crippen LogP contribution is -2.40. The molecule has 4 rings (SSSR count). The van der Waals surface area contributed by atoms with Crippen molar-refractivity contribution < 1.29 is 32.2 Å². The standard InChI is InChI=1S/C22H16F4N4O6/c1-27-14-7-6-12(8-15(14)28(2)19(27)32)29-10-16(36-21(34)35)18(31)30(20(29)33)9-11-4-3-5-13(23)17(11)22(24,25)26/h3-8,10H,9H2,1-2H3,(H,34,35). The van der Waals surface area contributed by atoms with E-state index in [2.05, 4.69) is 4.74 Å². The van der Waals surface area contributed by atoms with Gasteiger partial charge in [0.15, 0.2) is 0 Å². The van der Waals surface area contributed by atoms with Crippen molar-refractivity contribution >= 4 is 17.2 Å². The van der Waals surface area contributed by atoms with Crippen molar-refractivity contribution in [3.05, 3.63) is 90.9 Å². The van der Waals surface area contributed by atoms with Gasteiger partial charge in [-0.25, -0.2) is 18.8 Å². The summed E-state index contributed by atoms with van der Waals surface area (Å²) in [5.74, 6) is -2.49. The van der Waals surface area contributed by atoms with Crippen LogP contribution in [0.2, 0.25) is 0 Å². The van der Waals surface area contributed by atoms with E-state index in [1.165, 1.54) is 41.4 Å². The molecule has 0 aliphatic carbocycles. The number of nitrogens with zero attached hydrogens (tertiary/aromatic N) is 4. The molecule has 0 fully saturated rings. The van der Waals surface area contributed by atoms with Crippen LogP contribution in [-0.4, -0.2) is 29.5 Å². The van der Waals surface area contributed by atoms with E-state index in [-0.39, 0.29) is 11.4 Å². The van der Waals surface area contributed by atoms with E-state index >= 15 is 0 Å². The maximum absolute atomic E-state index is 14.0. The van der Waals surface area contributed by atoms with Crippen LogP contribution in [0.5, 0.6) is 5.75 Å². The molecule has 0 aliphatic rings. The highest BCUT2D eigenvalue weighted by Crippen LogP contribution is 2.34. The normalized spacial score (nSPS) is 11.7. The lowest BCUT2D eigenvalue weighted by atomic mass is 10.1. The number of ether oxygens (including phenoxy) is 1. The number of imidazole rings is 1. The van der Waals surface area contributed by atoms with Gasteiger partial charge in [-0.15, -0.1) is 0 Å². The van der Waals surface area contributed by atoms with Crippen LogP contribution in [0.25, 0.3) is 16.7 Å².